The Hall–Kier alpha value is -2.01. The molecule has 3 nitrogen and oxygen atoms in total. The molecule has 0 fully saturated rings. The second kappa shape index (κ2) is 6.18. The second-order valence-corrected chi connectivity index (χ2v) is 5.78. The van der Waals surface area contributed by atoms with E-state index in [9.17, 15) is 8.78 Å². The van der Waals surface area contributed by atoms with E-state index >= 15 is 0 Å². The first-order chi connectivity index (χ1) is 9.83. The Morgan fingerprint density at radius 3 is 2.57 bits per heavy atom. The molecule has 2 aromatic rings. The average Bonchev–Trinajstić information content (AvgIpc) is 2.39. The van der Waals surface area contributed by atoms with Crippen molar-refractivity contribution in [2.24, 2.45) is 0 Å². The van der Waals surface area contributed by atoms with Crippen LogP contribution in [0.1, 0.15) is 26.3 Å². The highest BCUT2D eigenvalue weighted by Crippen LogP contribution is 2.24. The van der Waals surface area contributed by atoms with E-state index in [0.717, 1.165) is 17.7 Å². The molecule has 0 saturated heterocycles. The Kier molecular flexibility index (Phi) is 4.53. The molecule has 0 saturated carbocycles. The fourth-order valence-electron chi connectivity index (χ4n) is 1.65. The zero-order valence-electron chi connectivity index (χ0n) is 12.3. The van der Waals surface area contributed by atoms with Crippen LogP contribution in [0.2, 0.25) is 0 Å². The smallest absolute Gasteiger partial charge is 0.219 e. The van der Waals surface area contributed by atoms with Gasteiger partial charge in [-0.05, 0) is 44.5 Å². The van der Waals surface area contributed by atoms with Crippen molar-refractivity contribution in [2.45, 2.75) is 32.9 Å². The quantitative estimate of drug-likeness (QED) is 0.923. The van der Waals surface area contributed by atoms with Crippen molar-refractivity contribution in [2.75, 3.05) is 0 Å². The first-order valence-corrected chi connectivity index (χ1v) is 6.66. The molecule has 0 aliphatic heterocycles. The first kappa shape index (κ1) is 15.4. The summed E-state index contributed by atoms with van der Waals surface area (Å²) in [7, 11) is 0. The predicted molar refractivity (Wildman–Crippen MR) is 77.3 cm³/mol. The summed E-state index contributed by atoms with van der Waals surface area (Å²) in [6.07, 6.45) is 1.59. The molecule has 0 radical (unpaired) electrons. The van der Waals surface area contributed by atoms with Gasteiger partial charge in [-0.3, -0.25) is 0 Å². The maximum atomic E-state index is 13.5. The van der Waals surface area contributed by atoms with Crippen molar-refractivity contribution in [3.8, 4) is 11.6 Å². The fourth-order valence-corrected chi connectivity index (χ4v) is 1.65. The second-order valence-electron chi connectivity index (χ2n) is 5.78. The number of rotatable bonds is 4. The summed E-state index contributed by atoms with van der Waals surface area (Å²) >= 11 is 0. The van der Waals surface area contributed by atoms with Gasteiger partial charge in [0.1, 0.15) is 5.82 Å². The zero-order valence-corrected chi connectivity index (χ0v) is 12.3. The van der Waals surface area contributed by atoms with Crippen LogP contribution in [0.5, 0.6) is 11.6 Å². The zero-order chi connectivity index (χ0) is 15.5. The van der Waals surface area contributed by atoms with Gasteiger partial charge in [0.2, 0.25) is 5.88 Å². The summed E-state index contributed by atoms with van der Waals surface area (Å²) in [6, 6.07) is 6.74. The Bertz CT molecular complexity index is 624. The molecule has 0 amide bonds. The molecule has 5 heteroatoms. The van der Waals surface area contributed by atoms with Crippen LogP contribution in [0.25, 0.3) is 0 Å². The van der Waals surface area contributed by atoms with E-state index in [1.54, 1.807) is 12.3 Å². The lowest BCUT2D eigenvalue weighted by Crippen LogP contribution is -2.35. The maximum absolute atomic E-state index is 13.5. The van der Waals surface area contributed by atoms with Gasteiger partial charge in [0.15, 0.2) is 11.6 Å². The molecule has 0 unspecified atom stereocenters. The normalized spacial score (nSPS) is 11.5. The van der Waals surface area contributed by atoms with Gasteiger partial charge < -0.3 is 10.1 Å². The molecule has 0 atom stereocenters. The summed E-state index contributed by atoms with van der Waals surface area (Å²) in [5.74, 6) is -1.18. The number of pyridine rings is 1. The number of aromatic nitrogens is 1. The van der Waals surface area contributed by atoms with Gasteiger partial charge in [-0.2, -0.15) is 0 Å². The minimum atomic E-state index is -0.755. The number of ether oxygens (including phenoxy) is 1. The van der Waals surface area contributed by atoms with Gasteiger partial charge >= 0.3 is 0 Å². The van der Waals surface area contributed by atoms with E-state index in [-0.39, 0.29) is 17.2 Å². The van der Waals surface area contributed by atoms with E-state index in [0.29, 0.717) is 6.54 Å². The summed E-state index contributed by atoms with van der Waals surface area (Å²) < 4.78 is 31.7. The molecule has 1 aromatic carbocycles. The molecule has 21 heavy (non-hydrogen) atoms. The highest BCUT2D eigenvalue weighted by Gasteiger charge is 2.10. The molecule has 0 spiro atoms. The van der Waals surface area contributed by atoms with Gasteiger partial charge in [0, 0.05) is 30.4 Å². The minimum Gasteiger partial charge on any atom is -0.436 e. The first-order valence-electron chi connectivity index (χ1n) is 6.66. The van der Waals surface area contributed by atoms with Crippen molar-refractivity contribution < 1.29 is 13.5 Å². The van der Waals surface area contributed by atoms with Crippen molar-refractivity contribution in [1.29, 1.82) is 0 Å². The van der Waals surface area contributed by atoms with E-state index in [4.69, 9.17) is 4.74 Å². The van der Waals surface area contributed by atoms with Crippen molar-refractivity contribution in [3.63, 3.8) is 0 Å². The monoisotopic (exact) mass is 292 g/mol. The molecule has 1 N–H and O–H groups in total. The summed E-state index contributed by atoms with van der Waals surface area (Å²) in [4.78, 5) is 4.03. The SMILES string of the molecule is CC(C)(C)NCc1ccnc(Oc2ccc(F)cc2F)c1. The Balaban J connectivity index is 2.10. The Morgan fingerprint density at radius 1 is 1.14 bits per heavy atom. The van der Waals surface area contributed by atoms with E-state index < -0.39 is 11.6 Å². The third kappa shape index (κ3) is 4.79. The van der Waals surface area contributed by atoms with Gasteiger partial charge in [0.25, 0.3) is 0 Å². The standard InChI is InChI=1S/C16H18F2N2O/c1-16(2,3)20-10-11-6-7-19-15(8-11)21-14-5-4-12(17)9-13(14)18/h4-9,20H,10H2,1-3H3. The summed E-state index contributed by atoms with van der Waals surface area (Å²) in [5.41, 5.74) is 0.963. The molecular weight excluding hydrogens is 274 g/mol. The van der Waals surface area contributed by atoms with Gasteiger partial charge in [0.05, 0.1) is 0 Å². The lowest BCUT2D eigenvalue weighted by Gasteiger charge is -2.20. The van der Waals surface area contributed by atoms with E-state index in [1.165, 1.54) is 6.07 Å². The highest BCUT2D eigenvalue weighted by molar-refractivity contribution is 5.30. The van der Waals surface area contributed by atoms with Crippen molar-refractivity contribution in [1.82, 2.24) is 10.3 Å². The number of nitrogens with one attached hydrogen (secondary N) is 1. The molecule has 0 aliphatic carbocycles. The molecular formula is C16H18F2N2O. The van der Waals surface area contributed by atoms with Crippen LogP contribution in [0, 0.1) is 11.6 Å². The molecule has 2 rings (SSSR count). The van der Waals surface area contributed by atoms with E-state index in [1.807, 2.05) is 6.07 Å². The van der Waals surface area contributed by atoms with Gasteiger partial charge in [-0.25, -0.2) is 13.8 Å². The topological polar surface area (TPSA) is 34.2 Å². The van der Waals surface area contributed by atoms with Crippen LogP contribution in [0.15, 0.2) is 36.5 Å². The number of halogens is 2. The van der Waals surface area contributed by atoms with Crippen LogP contribution < -0.4 is 10.1 Å². The lowest BCUT2D eigenvalue weighted by atomic mass is 10.1. The number of hydrogen-bond acceptors (Lipinski definition) is 3. The van der Waals surface area contributed by atoms with Crippen LogP contribution in [0.3, 0.4) is 0 Å². The highest BCUT2D eigenvalue weighted by atomic mass is 19.1. The Labute approximate surface area is 123 Å². The third-order valence-electron chi connectivity index (χ3n) is 2.73. The molecule has 0 aliphatic rings. The minimum absolute atomic E-state index is 0.00659. The van der Waals surface area contributed by atoms with Gasteiger partial charge in [-0.1, -0.05) is 0 Å². The number of nitrogens with zero attached hydrogens (tertiary/aromatic N) is 1. The maximum Gasteiger partial charge on any atom is 0.219 e. The van der Waals surface area contributed by atoms with Crippen LogP contribution in [0.4, 0.5) is 8.78 Å². The number of hydrogen-bond donors (Lipinski definition) is 1. The summed E-state index contributed by atoms with van der Waals surface area (Å²) in [5, 5.41) is 3.34. The van der Waals surface area contributed by atoms with Crippen LogP contribution in [-0.2, 0) is 6.54 Å². The largest absolute Gasteiger partial charge is 0.436 e. The van der Waals surface area contributed by atoms with Gasteiger partial charge in [-0.15, -0.1) is 0 Å². The van der Waals surface area contributed by atoms with Crippen LogP contribution >= 0.6 is 0 Å². The van der Waals surface area contributed by atoms with Crippen molar-refractivity contribution >= 4 is 0 Å². The molecule has 1 aromatic heterocycles. The fraction of sp³-hybridized carbons (Fsp3) is 0.312. The third-order valence-corrected chi connectivity index (χ3v) is 2.73. The lowest BCUT2D eigenvalue weighted by molar-refractivity contribution is 0.415. The predicted octanol–water partition coefficient (Wildman–Crippen LogP) is 4.04. The number of benzene rings is 1. The average molecular weight is 292 g/mol. The van der Waals surface area contributed by atoms with E-state index in [2.05, 4.69) is 31.1 Å². The molecule has 1 heterocycles. The van der Waals surface area contributed by atoms with Crippen LogP contribution in [-0.4, -0.2) is 10.5 Å². The molecule has 0 bridgehead atoms. The summed E-state index contributed by atoms with van der Waals surface area (Å²) in [6.45, 7) is 6.85. The van der Waals surface area contributed by atoms with Crippen molar-refractivity contribution in [3.05, 3.63) is 53.7 Å². The Morgan fingerprint density at radius 2 is 1.90 bits per heavy atom. The molecule has 112 valence electrons.